The number of hydrogen-bond acceptors (Lipinski definition) is 7. The smallest absolute Gasteiger partial charge is 0.463 e. The highest BCUT2D eigenvalue weighted by Crippen LogP contribution is 2.42. The molecule has 10 heteroatoms. The van der Waals surface area contributed by atoms with Crippen molar-refractivity contribution >= 4 is 19.7 Å². The molecule has 0 saturated heterocycles. The number of nitrogens with one attached hydrogen (secondary N) is 1. The third-order valence-electron chi connectivity index (χ3n) is 9.82. The molecule has 0 aromatic rings. The van der Waals surface area contributed by atoms with Crippen molar-refractivity contribution in [3.63, 3.8) is 0 Å². The van der Waals surface area contributed by atoms with E-state index in [0.717, 1.165) is 64.2 Å². The maximum Gasteiger partial charge on any atom is 0.472 e. The summed E-state index contributed by atoms with van der Waals surface area (Å²) in [5.74, 6) is -0.524. The summed E-state index contributed by atoms with van der Waals surface area (Å²) in [6.45, 7) is 3.53. The molecule has 0 spiro atoms. The van der Waals surface area contributed by atoms with Crippen LogP contribution in [0.15, 0.2) is 36.5 Å². The Bertz CT molecular complexity index is 1020. The van der Waals surface area contributed by atoms with Crippen molar-refractivity contribution in [2.24, 2.45) is 0 Å². The Morgan fingerprint density at radius 1 is 0.554 bits per heavy atom. The molecule has 2 atom stereocenters. The van der Waals surface area contributed by atoms with E-state index in [9.17, 15) is 24.2 Å². The first-order valence-electron chi connectivity index (χ1n) is 23.0. The van der Waals surface area contributed by atoms with Gasteiger partial charge in [-0.3, -0.25) is 18.6 Å². The summed E-state index contributed by atoms with van der Waals surface area (Å²) >= 11 is 0. The van der Waals surface area contributed by atoms with Gasteiger partial charge in [-0.2, -0.15) is 0 Å². The molecule has 0 heterocycles. The molecule has 0 rings (SSSR count). The van der Waals surface area contributed by atoms with Gasteiger partial charge in [0.1, 0.15) is 12.7 Å². The van der Waals surface area contributed by atoms with Crippen LogP contribution >= 0.6 is 7.82 Å². The van der Waals surface area contributed by atoms with Crippen LogP contribution in [0.25, 0.3) is 0 Å². The van der Waals surface area contributed by atoms with Crippen LogP contribution in [0.1, 0.15) is 213 Å². The molecular weight excluding hydrogens is 725 g/mol. The Labute approximate surface area is 343 Å². The summed E-state index contributed by atoms with van der Waals surface area (Å²) in [6.07, 6.45) is 47.8. The Balaban J connectivity index is 3.60. The quantitative estimate of drug-likeness (QED) is 0.0240. The normalized spacial score (nSPS) is 13.6. The molecule has 0 fully saturated rings. The van der Waals surface area contributed by atoms with Crippen LogP contribution in [0.4, 0.5) is 0 Å². The molecule has 328 valence electrons. The van der Waals surface area contributed by atoms with Crippen LogP contribution < -0.4 is 5.32 Å². The predicted molar refractivity (Wildman–Crippen MR) is 234 cm³/mol. The molecule has 0 radical (unpaired) electrons. The average Bonchev–Trinajstić information content (AvgIpc) is 3.18. The highest BCUT2D eigenvalue weighted by atomic mass is 31.2. The van der Waals surface area contributed by atoms with Gasteiger partial charge in [-0.05, 0) is 51.4 Å². The minimum Gasteiger partial charge on any atom is -0.463 e. The first kappa shape index (κ1) is 54.2. The van der Waals surface area contributed by atoms with Crippen LogP contribution in [-0.2, 0) is 27.9 Å². The standard InChI is InChI=1S/C46H86NO8P/c1-3-5-7-9-11-13-15-17-19-21-22-23-25-27-29-31-33-35-37-39-46(50)53-42-44(48)43-55-56(51,52)54-41-40-47-45(49)38-36-34-32-30-28-26-24-20-18-16-14-12-10-8-6-4-2/h11,13,17,19,22-23,44,48H,3-10,12,14-16,18,20-21,24-43H2,1-2H3,(H,47,49)(H,51,52)/b13-11-,19-17-,23-22-. The number of hydrogen-bond donors (Lipinski definition) is 3. The van der Waals surface area contributed by atoms with Gasteiger partial charge in [0.2, 0.25) is 5.91 Å². The lowest BCUT2D eigenvalue weighted by atomic mass is 10.0. The van der Waals surface area contributed by atoms with Gasteiger partial charge in [-0.1, -0.05) is 185 Å². The zero-order valence-corrected chi connectivity index (χ0v) is 37.0. The lowest BCUT2D eigenvalue weighted by Crippen LogP contribution is -2.27. The second-order valence-corrected chi connectivity index (χ2v) is 16.8. The molecule has 2 unspecified atom stereocenters. The zero-order chi connectivity index (χ0) is 41.1. The van der Waals surface area contributed by atoms with Crippen molar-refractivity contribution in [1.29, 1.82) is 0 Å². The molecule has 0 aliphatic heterocycles. The minimum atomic E-state index is -4.42. The van der Waals surface area contributed by atoms with Crippen molar-refractivity contribution in [3.8, 4) is 0 Å². The summed E-state index contributed by atoms with van der Waals surface area (Å²) in [4.78, 5) is 33.9. The van der Waals surface area contributed by atoms with E-state index < -0.39 is 26.5 Å². The monoisotopic (exact) mass is 812 g/mol. The Morgan fingerprint density at radius 2 is 0.964 bits per heavy atom. The van der Waals surface area contributed by atoms with E-state index in [1.165, 1.54) is 122 Å². The number of phosphoric ester groups is 1. The maximum absolute atomic E-state index is 12.1. The van der Waals surface area contributed by atoms with Crippen LogP contribution in [0.3, 0.4) is 0 Å². The van der Waals surface area contributed by atoms with E-state index in [4.69, 9.17) is 13.8 Å². The molecule has 56 heavy (non-hydrogen) atoms. The van der Waals surface area contributed by atoms with Gasteiger partial charge in [0.25, 0.3) is 0 Å². The number of esters is 1. The molecule has 0 aliphatic rings. The molecule has 0 bridgehead atoms. The second kappa shape index (κ2) is 42.8. The Hall–Kier alpha value is -1.77. The fourth-order valence-electron chi connectivity index (χ4n) is 6.33. The third-order valence-corrected chi connectivity index (χ3v) is 10.8. The number of phosphoric acid groups is 1. The van der Waals surface area contributed by atoms with Crippen LogP contribution in [-0.4, -0.2) is 54.3 Å². The molecule has 1 amide bonds. The molecule has 0 aromatic heterocycles. The van der Waals surface area contributed by atoms with Crippen molar-refractivity contribution in [2.45, 2.75) is 219 Å². The lowest BCUT2D eigenvalue weighted by molar-refractivity contribution is -0.147. The highest BCUT2D eigenvalue weighted by Gasteiger charge is 2.23. The van der Waals surface area contributed by atoms with Gasteiger partial charge in [0.05, 0.1) is 13.2 Å². The summed E-state index contributed by atoms with van der Waals surface area (Å²) < 4.78 is 26.9. The van der Waals surface area contributed by atoms with E-state index in [0.29, 0.717) is 6.42 Å². The van der Waals surface area contributed by atoms with Gasteiger partial charge in [0, 0.05) is 19.4 Å². The van der Waals surface area contributed by atoms with E-state index in [1.807, 2.05) is 0 Å². The van der Waals surface area contributed by atoms with Crippen molar-refractivity contribution in [3.05, 3.63) is 36.5 Å². The number of ether oxygens (including phenoxy) is 1. The third kappa shape index (κ3) is 43.4. The molecular formula is C46H86NO8P. The molecule has 3 N–H and O–H groups in total. The zero-order valence-electron chi connectivity index (χ0n) is 36.1. The van der Waals surface area contributed by atoms with Crippen LogP contribution in [0.5, 0.6) is 0 Å². The van der Waals surface area contributed by atoms with E-state index in [2.05, 4.69) is 55.6 Å². The first-order valence-corrected chi connectivity index (χ1v) is 24.5. The highest BCUT2D eigenvalue weighted by molar-refractivity contribution is 7.47. The van der Waals surface area contributed by atoms with Gasteiger partial charge < -0.3 is 20.1 Å². The van der Waals surface area contributed by atoms with E-state index >= 15 is 0 Å². The average molecular weight is 812 g/mol. The number of aliphatic hydroxyl groups is 1. The molecule has 9 nitrogen and oxygen atoms in total. The second-order valence-electron chi connectivity index (χ2n) is 15.4. The van der Waals surface area contributed by atoms with E-state index in [-0.39, 0.29) is 32.1 Å². The summed E-state index contributed by atoms with van der Waals surface area (Å²) in [6, 6.07) is 0. The van der Waals surface area contributed by atoms with Crippen molar-refractivity contribution in [2.75, 3.05) is 26.4 Å². The number of allylic oxidation sites excluding steroid dienone is 6. The Morgan fingerprint density at radius 3 is 1.48 bits per heavy atom. The summed E-state index contributed by atoms with van der Waals surface area (Å²) in [7, 11) is -4.42. The number of rotatable bonds is 43. The maximum atomic E-state index is 12.1. The topological polar surface area (TPSA) is 131 Å². The van der Waals surface area contributed by atoms with Crippen LogP contribution in [0.2, 0.25) is 0 Å². The van der Waals surface area contributed by atoms with Gasteiger partial charge in [-0.15, -0.1) is 0 Å². The Kier molecular flexibility index (Phi) is 41.5. The SMILES string of the molecule is CCCCC/C=C\C/C=C\C/C=C\CCCCCCCCC(=O)OCC(O)COP(=O)(O)OCCNC(=O)CCCCCCCCCCCCCCCCCC. The van der Waals surface area contributed by atoms with Crippen LogP contribution in [0, 0.1) is 0 Å². The fraction of sp³-hybridized carbons (Fsp3) is 0.826. The number of unbranched alkanes of at least 4 members (excludes halogenated alkanes) is 24. The lowest BCUT2D eigenvalue weighted by Gasteiger charge is -2.15. The molecule has 0 aromatic carbocycles. The fourth-order valence-corrected chi connectivity index (χ4v) is 7.09. The van der Waals surface area contributed by atoms with Gasteiger partial charge in [0.15, 0.2) is 0 Å². The van der Waals surface area contributed by atoms with Gasteiger partial charge >= 0.3 is 13.8 Å². The summed E-state index contributed by atoms with van der Waals surface area (Å²) in [5, 5.41) is 12.7. The minimum absolute atomic E-state index is 0.0824. The van der Waals surface area contributed by atoms with Crippen molar-refractivity contribution in [1.82, 2.24) is 5.32 Å². The van der Waals surface area contributed by atoms with Crippen molar-refractivity contribution < 1.29 is 37.9 Å². The number of aliphatic hydroxyl groups excluding tert-OH is 1. The molecule has 0 aliphatic carbocycles. The number of carbonyl (C=O) groups excluding carboxylic acids is 2. The predicted octanol–water partition coefficient (Wildman–Crippen LogP) is 12.9. The van der Waals surface area contributed by atoms with Gasteiger partial charge in [-0.25, -0.2) is 4.57 Å². The number of amides is 1. The van der Waals surface area contributed by atoms with E-state index in [1.54, 1.807) is 0 Å². The molecule has 0 saturated carbocycles. The first-order chi connectivity index (χ1) is 27.3. The largest absolute Gasteiger partial charge is 0.472 e. The number of carbonyl (C=O) groups is 2. The summed E-state index contributed by atoms with van der Waals surface area (Å²) in [5.41, 5.74) is 0.